The van der Waals surface area contributed by atoms with E-state index in [0.717, 1.165) is 42.9 Å². The van der Waals surface area contributed by atoms with Gasteiger partial charge < -0.3 is 9.88 Å². The molecule has 0 atom stereocenters. The molecule has 0 saturated carbocycles. The van der Waals surface area contributed by atoms with E-state index in [-0.39, 0.29) is 24.2 Å². The molecule has 1 aromatic carbocycles. The third kappa shape index (κ3) is 6.34. The molecule has 0 spiro atoms. The number of nitrogens with zero attached hydrogens (tertiary/aromatic N) is 4. The van der Waals surface area contributed by atoms with Crippen molar-refractivity contribution in [1.29, 1.82) is 5.26 Å². The molecule has 1 aliphatic rings. The van der Waals surface area contributed by atoms with Crippen LogP contribution in [0, 0.1) is 18.3 Å². The highest BCUT2D eigenvalue weighted by molar-refractivity contribution is 6.05. The van der Waals surface area contributed by atoms with Gasteiger partial charge in [-0.2, -0.15) is 5.26 Å². The Morgan fingerprint density at radius 3 is 2.43 bits per heavy atom. The van der Waals surface area contributed by atoms with Crippen LogP contribution in [0.4, 0.5) is 5.69 Å². The summed E-state index contributed by atoms with van der Waals surface area (Å²) in [6.07, 6.45) is 5.57. The van der Waals surface area contributed by atoms with Gasteiger partial charge in [0.05, 0.1) is 35.1 Å². The average molecular weight is 474 g/mol. The van der Waals surface area contributed by atoms with Crippen LogP contribution in [0.25, 0.3) is 11.8 Å². The number of piperidine rings is 1. The van der Waals surface area contributed by atoms with Crippen molar-refractivity contribution >= 4 is 30.2 Å². The largest absolute Gasteiger partial charge is 0.354 e. The summed E-state index contributed by atoms with van der Waals surface area (Å²) >= 11 is 0. The predicted molar refractivity (Wildman–Crippen MR) is 141 cm³/mol. The van der Waals surface area contributed by atoms with Gasteiger partial charge >= 0.3 is 0 Å². The lowest BCUT2D eigenvalue weighted by Crippen LogP contribution is -2.34. The zero-order chi connectivity index (χ0) is 25.5. The molecule has 1 saturated heterocycles. The van der Waals surface area contributed by atoms with Gasteiger partial charge in [0.1, 0.15) is 0 Å². The Balaban J connectivity index is 2.09. The molecule has 1 fully saturated rings. The molecule has 1 amide bonds. The van der Waals surface area contributed by atoms with Crippen molar-refractivity contribution in [1.82, 2.24) is 14.8 Å². The number of nitriles is 1. The number of hydrogen-bond acceptors (Lipinski definition) is 5. The number of likely N-dealkylation sites (tertiary alicyclic amines) is 1. The SMILES string of the molecule is C=Nc1c(C(=O)CN2CCCCC2)c(C)n(-c2ccc(C#N)cc2)c1/C=C(\C)CC(=O)NC(C)C. The summed E-state index contributed by atoms with van der Waals surface area (Å²) in [5, 5.41) is 12.1. The summed E-state index contributed by atoms with van der Waals surface area (Å²) in [5.41, 5.74) is 4.77. The number of Topliss-reactive ketones (excluding diaryl/α,β-unsaturated/α-hetero) is 1. The third-order valence-electron chi connectivity index (χ3n) is 6.20. The van der Waals surface area contributed by atoms with Gasteiger partial charge in [0.25, 0.3) is 0 Å². The van der Waals surface area contributed by atoms with E-state index in [1.165, 1.54) is 6.42 Å². The van der Waals surface area contributed by atoms with E-state index in [1.807, 2.05) is 50.5 Å². The van der Waals surface area contributed by atoms with Crippen LogP contribution >= 0.6 is 0 Å². The molecule has 1 aliphatic heterocycles. The second kappa shape index (κ2) is 11.8. The number of amides is 1. The van der Waals surface area contributed by atoms with Gasteiger partial charge in [0.2, 0.25) is 5.91 Å². The number of aromatic nitrogens is 1. The maximum atomic E-state index is 13.5. The number of benzene rings is 1. The van der Waals surface area contributed by atoms with Crippen molar-refractivity contribution in [3.8, 4) is 11.8 Å². The first-order valence-corrected chi connectivity index (χ1v) is 12.2. The van der Waals surface area contributed by atoms with Crippen molar-refractivity contribution in [3.63, 3.8) is 0 Å². The van der Waals surface area contributed by atoms with Crippen molar-refractivity contribution < 1.29 is 9.59 Å². The minimum absolute atomic E-state index is 0.0176. The molecule has 184 valence electrons. The monoisotopic (exact) mass is 473 g/mol. The quantitative estimate of drug-likeness (QED) is 0.411. The summed E-state index contributed by atoms with van der Waals surface area (Å²) in [5.74, 6) is -0.0412. The van der Waals surface area contributed by atoms with Crippen LogP contribution in [-0.4, -0.2) is 53.6 Å². The number of aliphatic imine (C=N–C) groups is 1. The zero-order valence-electron chi connectivity index (χ0n) is 21.2. The first-order valence-electron chi connectivity index (χ1n) is 12.2. The highest BCUT2D eigenvalue weighted by Crippen LogP contribution is 2.36. The molecule has 7 nitrogen and oxygen atoms in total. The van der Waals surface area contributed by atoms with Crippen LogP contribution in [0.5, 0.6) is 0 Å². The maximum absolute atomic E-state index is 13.5. The highest BCUT2D eigenvalue weighted by Gasteiger charge is 2.26. The lowest BCUT2D eigenvalue weighted by molar-refractivity contribution is -0.120. The molecule has 0 radical (unpaired) electrons. The van der Waals surface area contributed by atoms with Crippen molar-refractivity contribution in [2.24, 2.45) is 4.99 Å². The van der Waals surface area contributed by atoms with Crippen LogP contribution < -0.4 is 5.32 Å². The first-order chi connectivity index (χ1) is 16.7. The van der Waals surface area contributed by atoms with E-state index in [1.54, 1.807) is 12.1 Å². The molecule has 1 N–H and O–H groups in total. The van der Waals surface area contributed by atoms with Gasteiger partial charge in [-0.15, -0.1) is 0 Å². The topological polar surface area (TPSA) is 90.5 Å². The summed E-state index contributed by atoms with van der Waals surface area (Å²) in [6, 6.07) is 9.42. The van der Waals surface area contributed by atoms with Crippen LogP contribution in [0.2, 0.25) is 0 Å². The van der Waals surface area contributed by atoms with E-state index in [2.05, 4.69) is 28.0 Å². The van der Waals surface area contributed by atoms with E-state index >= 15 is 0 Å². The smallest absolute Gasteiger partial charge is 0.224 e. The first kappa shape index (κ1) is 26.1. The summed E-state index contributed by atoms with van der Waals surface area (Å²) in [6.45, 7) is 13.6. The van der Waals surface area contributed by atoms with Crippen LogP contribution in [-0.2, 0) is 4.79 Å². The minimum atomic E-state index is -0.0588. The van der Waals surface area contributed by atoms with E-state index in [4.69, 9.17) is 0 Å². The van der Waals surface area contributed by atoms with Gasteiger partial charge in [-0.05, 0) is 90.7 Å². The molecular formula is C28H35N5O2. The molecule has 0 aliphatic carbocycles. The fraction of sp³-hybridized carbons (Fsp3) is 0.429. The van der Waals surface area contributed by atoms with Crippen molar-refractivity contribution in [2.75, 3.05) is 19.6 Å². The number of ketones is 1. The zero-order valence-corrected chi connectivity index (χ0v) is 21.2. The molecule has 3 rings (SSSR count). The Labute approximate surface area is 208 Å². The predicted octanol–water partition coefficient (Wildman–Crippen LogP) is 4.98. The summed E-state index contributed by atoms with van der Waals surface area (Å²) in [7, 11) is 0. The Morgan fingerprint density at radius 1 is 1.20 bits per heavy atom. The van der Waals surface area contributed by atoms with Crippen molar-refractivity contribution in [2.45, 2.75) is 59.4 Å². The molecule has 1 aromatic heterocycles. The second-order valence-corrected chi connectivity index (χ2v) is 9.50. The highest BCUT2D eigenvalue weighted by atomic mass is 16.1. The lowest BCUT2D eigenvalue weighted by atomic mass is 10.1. The molecule has 0 bridgehead atoms. The third-order valence-corrected chi connectivity index (χ3v) is 6.20. The number of carbonyl (C=O) groups excluding carboxylic acids is 2. The molecule has 7 heteroatoms. The molecular weight excluding hydrogens is 438 g/mol. The van der Waals surface area contributed by atoms with Crippen molar-refractivity contribution in [3.05, 3.63) is 52.4 Å². The fourth-order valence-corrected chi connectivity index (χ4v) is 4.65. The Hall–Kier alpha value is -3.50. The Bertz CT molecular complexity index is 1160. The second-order valence-electron chi connectivity index (χ2n) is 9.50. The van der Waals surface area contributed by atoms with E-state index < -0.39 is 0 Å². The van der Waals surface area contributed by atoms with Gasteiger partial charge in [-0.25, -0.2) is 0 Å². The van der Waals surface area contributed by atoms with E-state index in [9.17, 15) is 14.9 Å². The van der Waals surface area contributed by atoms with Crippen LogP contribution in [0.15, 0.2) is 34.8 Å². The molecule has 35 heavy (non-hydrogen) atoms. The van der Waals surface area contributed by atoms with E-state index in [0.29, 0.717) is 29.1 Å². The van der Waals surface area contributed by atoms with Gasteiger partial charge in [-0.3, -0.25) is 19.5 Å². The van der Waals surface area contributed by atoms with Gasteiger partial charge in [-0.1, -0.05) is 12.0 Å². The standard InChI is InChI=1S/C28H35N5O2/c1-19(2)31-26(35)16-20(3)15-24-28(30-5)27(25(34)18-32-13-7-6-8-14-32)21(4)33(24)23-11-9-22(17-29)10-12-23/h9-12,15,19H,5-8,13-14,16,18H2,1-4H3,(H,31,35)/b20-15+. The molecule has 2 aromatic rings. The normalized spacial score (nSPS) is 14.6. The average Bonchev–Trinajstić information content (AvgIpc) is 3.09. The fourth-order valence-electron chi connectivity index (χ4n) is 4.65. The number of hydrogen-bond donors (Lipinski definition) is 1. The summed E-state index contributed by atoms with van der Waals surface area (Å²) in [4.78, 5) is 32.4. The van der Waals surface area contributed by atoms with Gasteiger partial charge in [0.15, 0.2) is 5.78 Å². The minimum Gasteiger partial charge on any atom is -0.354 e. The Kier molecular flexibility index (Phi) is 8.78. The molecule has 0 unspecified atom stereocenters. The van der Waals surface area contributed by atoms with Gasteiger partial charge in [0, 0.05) is 23.8 Å². The summed E-state index contributed by atoms with van der Waals surface area (Å²) < 4.78 is 1.97. The van der Waals surface area contributed by atoms with Crippen LogP contribution in [0.3, 0.4) is 0 Å². The maximum Gasteiger partial charge on any atom is 0.224 e. The number of nitrogens with one attached hydrogen (secondary N) is 1. The lowest BCUT2D eigenvalue weighted by Gasteiger charge is -2.25. The number of rotatable bonds is 9. The van der Waals surface area contributed by atoms with Crippen LogP contribution in [0.1, 0.15) is 73.8 Å². The Morgan fingerprint density at radius 2 is 1.86 bits per heavy atom. The molecule has 2 heterocycles. The number of carbonyl (C=O) groups is 2.